The molecule has 0 radical (unpaired) electrons. The number of nitrogens with one attached hydrogen (secondary N) is 1. The van der Waals surface area contributed by atoms with Crippen molar-refractivity contribution in [3.8, 4) is 11.1 Å². The van der Waals surface area contributed by atoms with Gasteiger partial charge in [-0.1, -0.05) is 29.3 Å². The van der Waals surface area contributed by atoms with Gasteiger partial charge in [-0.25, -0.2) is 4.98 Å². The molecule has 2 aliphatic rings. The summed E-state index contributed by atoms with van der Waals surface area (Å²) >= 11 is 15.2. The first kappa shape index (κ1) is 21.2. The molecule has 1 amide bonds. The van der Waals surface area contributed by atoms with Gasteiger partial charge in [0.25, 0.3) is 0 Å². The quantitative estimate of drug-likeness (QED) is 0.349. The molecule has 2 atom stereocenters. The maximum absolute atomic E-state index is 13.3. The van der Waals surface area contributed by atoms with Crippen molar-refractivity contribution in [1.82, 2.24) is 14.9 Å². The third kappa shape index (κ3) is 3.86. The molecule has 4 nitrogen and oxygen atoms in total. The van der Waals surface area contributed by atoms with Crippen molar-refractivity contribution in [1.29, 1.82) is 0 Å². The summed E-state index contributed by atoms with van der Waals surface area (Å²) in [5.41, 5.74) is 5.28. The van der Waals surface area contributed by atoms with E-state index in [0.717, 1.165) is 54.6 Å². The first-order valence-electron chi connectivity index (χ1n) is 11.3. The predicted molar refractivity (Wildman–Crippen MR) is 135 cm³/mol. The summed E-state index contributed by atoms with van der Waals surface area (Å²) in [5.74, 6) is 0.151. The summed E-state index contributed by atoms with van der Waals surface area (Å²) in [6.07, 6.45) is 5.94. The minimum absolute atomic E-state index is 0.0730. The molecule has 168 valence electrons. The molecule has 7 heteroatoms. The van der Waals surface area contributed by atoms with E-state index in [-0.39, 0.29) is 17.9 Å². The normalized spacial score (nSPS) is 20.5. The first-order valence-corrected chi connectivity index (χ1v) is 13.0. The summed E-state index contributed by atoms with van der Waals surface area (Å²) in [6, 6.07) is 12.7. The number of H-pyrrole nitrogens is 1. The minimum atomic E-state index is -0.0730. The number of aromatic amines is 1. The maximum Gasteiger partial charge on any atom is 0.226 e. The summed E-state index contributed by atoms with van der Waals surface area (Å²) in [5, 5.41) is 4.58. The fourth-order valence-corrected chi connectivity index (χ4v) is 6.73. The molecule has 1 saturated heterocycles. The van der Waals surface area contributed by atoms with Crippen molar-refractivity contribution in [2.45, 2.75) is 38.1 Å². The van der Waals surface area contributed by atoms with Crippen molar-refractivity contribution < 1.29 is 4.79 Å². The molecule has 1 aliphatic carbocycles. The standard InChI is InChI=1S/C26H23Cl2N3OS/c27-21-11-18(15-1-4-25-16(9-15)6-8-33-25)12-22(28)20(21)10-17-5-7-31(26(17)32)19-2-3-23-24(13-19)30-14-29-23/h1,4,6,8-9,11-12,14,17,19H,2-3,5,7,10,13H2,(H,29,30)/t17-,19?/m0/s1. The van der Waals surface area contributed by atoms with Gasteiger partial charge in [0.15, 0.2) is 0 Å². The molecule has 0 saturated carbocycles. The Hall–Kier alpha value is -2.34. The number of aromatic nitrogens is 2. The summed E-state index contributed by atoms with van der Waals surface area (Å²) in [7, 11) is 0. The monoisotopic (exact) mass is 495 g/mol. The second-order valence-electron chi connectivity index (χ2n) is 9.04. The molecule has 6 rings (SSSR count). The van der Waals surface area contributed by atoms with Gasteiger partial charge in [0.2, 0.25) is 5.91 Å². The van der Waals surface area contributed by atoms with Gasteiger partial charge < -0.3 is 9.88 Å². The van der Waals surface area contributed by atoms with Crippen LogP contribution in [0.1, 0.15) is 29.8 Å². The lowest BCUT2D eigenvalue weighted by Crippen LogP contribution is -2.41. The molecule has 4 aromatic rings. The SMILES string of the molecule is O=C1[C@H](Cc2c(Cl)cc(-c3ccc4sccc4c3)cc2Cl)CCN1C1CCc2nc[nH]c2C1. The van der Waals surface area contributed by atoms with E-state index < -0.39 is 0 Å². The number of imidazole rings is 1. The molecular formula is C26H23Cl2N3OS. The van der Waals surface area contributed by atoms with Crippen LogP contribution in [0.2, 0.25) is 10.0 Å². The smallest absolute Gasteiger partial charge is 0.226 e. The molecule has 0 spiro atoms. The lowest BCUT2D eigenvalue weighted by atomic mass is 9.94. The Morgan fingerprint density at radius 1 is 1.09 bits per heavy atom. The molecule has 1 unspecified atom stereocenters. The van der Waals surface area contributed by atoms with Gasteiger partial charge in [-0.05, 0) is 83.5 Å². The van der Waals surface area contributed by atoms with Crippen LogP contribution >= 0.6 is 34.5 Å². The van der Waals surface area contributed by atoms with Crippen LogP contribution in [0.3, 0.4) is 0 Å². The summed E-state index contributed by atoms with van der Waals surface area (Å²) in [6.45, 7) is 0.797. The molecule has 33 heavy (non-hydrogen) atoms. The van der Waals surface area contributed by atoms with E-state index >= 15 is 0 Å². The number of thiophene rings is 1. The molecule has 2 aromatic carbocycles. The zero-order chi connectivity index (χ0) is 22.5. The molecule has 1 aliphatic heterocycles. The maximum atomic E-state index is 13.3. The highest BCUT2D eigenvalue weighted by Gasteiger charge is 2.38. The van der Waals surface area contributed by atoms with E-state index in [1.807, 2.05) is 12.1 Å². The molecular weight excluding hydrogens is 473 g/mol. The Bertz CT molecular complexity index is 1340. The topological polar surface area (TPSA) is 49.0 Å². The lowest BCUT2D eigenvalue weighted by molar-refractivity contribution is -0.133. The van der Waals surface area contributed by atoms with Gasteiger partial charge in [0, 0.05) is 45.4 Å². The summed E-state index contributed by atoms with van der Waals surface area (Å²) < 4.78 is 1.26. The van der Waals surface area contributed by atoms with Crippen molar-refractivity contribution in [3.05, 3.63) is 75.1 Å². The molecule has 3 heterocycles. The van der Waals surface area contributed by atoms with E-state index in [2.05, 4.69) is 44.5 Å². The van der Waals surface area contributed by atoms with Gasteiger partial charge >= 0.3 is 0 Å². The Kier molecular flexibility index (Phi) is 5.44. The van der Waals surface area contributed by atoms with E-state index in [4.69, 9.17) is 23.2 Å². The summed E-state index contributed by atoms with van der Waals surface area (Å²) in [4.78, 5) is 23.0. The number of benzene rings is 2. The van der Waals surface area contributed by atoms with Crippen LogP contribution in [0, 0.1) is 5.92 Å². The fraction of sp³-hybridized carbons (Fsp3) is 0.308. The van der Waals surface area contributed by atoms with E-state index in [9.17, 15) is 4.79 Å². The molecule has 1 N–H and O–H groups in total. The van der Waals surface area contributed by atoms with Crippen molar-refractivity contribution in [3.63, 3.8) is 0 Å². The third-order valence-electron chi connectivity index (χ3n) is 7.13. The first-order chi connectivity index (χ1) is 16.1. The highest BCUT2D eigenvalue weighted by molar-refractivity contribution is 7.17. The van der Waals surface area contributed by atoms with Gasteiger partial charge in [0.05, 0.1) is 12.0 Å². The predicted octanol–water partition coefficient (Wildman–Crippen LogP) is 6.55. The highest BCUT2D eigenvalue weighted by atomic mass is 35.5. The zero-order valence-electron chi connectivity index (χ0n) is 18.0. The average molecular weight is 496 g/mol. The van der Waals surface area contributed by atoms with E-state index in [0.29, 0.717) is 16.5 Å². The number of halogens is 2. The number of aryl methyl sites for hydroxylation is 1. The number of carbonyl (C=O) groups excluding carboxylic acids is 1. The molecule has 2 aromatic heterocycles. The van der Waals surface area contributed by atoms with Crippen LogP contribution < -0.4 is 0 Å². The van der Waals surface area contributed by atoms with Gasteiger partial charge in [-0.15, -0.1) is 11.3 Å². The van der Waals surface area contributed by atoms with Gasteiger partial charge in [0.1, 0.15) is 0 Å². The third-order valence-corrected chi connectivity index (χ3v) is 8.70. The van der Waals surface area contributed by atoms with Crippen LogP contribution in [-0.4, -0.2) is 33.4 Å². The Balaban J connectivity index is 1.20. The minimum Gasteiger partial charge on any atom is -0.348 e. The second kappa shape index (κ2) is 8.46. The van der Waals surface area contributed by atoms with Crippen LogP contribution in [0.5, 0.6) is 0 Å². The zero-order valence-corrected chi connectivity index (χ0v) is 20.3. The van der Waals surface area contributed by atoms with Crippen LogP contribution in [0.15, 0.2) is 48.1 Å². The number of hydrogen-bond acceptors (Lipinski definition) is 3. The van der Waals surface area contributed by atoms with Crippen LogP contribution in [0.25, 0.3) is 21.2 Å². The Labute approximate surface area is 206 Å². The number of likely N-dealkylation sites (tertiary alicyclic amines) is 1. The highest BCUT2D eigenvalue weighted by Crippen LogP contribution is 2.37. The molecule has 1 fully saturated rings. The Morgan fingerprint density at radius 2 is 1.94 bits per heavy atom. The van der Waals surface area contributed by atoms with Gasteiger partial charge in [-0.3, -0.25) is 4.79 Å². The number of amides is 1. The lowest BCUT2D eigenvalue weighted by Gasteiger charge is -2.31. The van der Waals surface area contributed by atoms with E-state index in [1.165, 1.54) is 15.8 Å². The molecule has 0 bridgehead atoms. The average Bonchev–Trinajstić information content (AvgIpc) is 3.55. The van der Waals surface area contributed by atoms with Crippen molar-refractivity contribution in [2.24, 2.45) is 5.92 Å². The number of carbonyl (C=O) groups is 1. The number of nitrogens with zero attached hydrogens (tertiary/aromatic N) is 2. The van der Waals surface area contributed by atoms with E-state index in [1.54, 1.807) is 17.7 Å². The van der Waals surface area contributed by atoms with Crippen molar-refractivity contribution >= 4 is 50.5 Å². The van der Waals surface area contributed by atoms with Crippen molar-refractivity contribution in [2.75, 3.05) is 6.54 Å². The Morgan fingerprint density at radius 3 is 2.79 bits per heavy atom. The second-order valence-corrected chi connectivity index (χ2v) is 10.8. The van der Waals surface area contributed by atoms with Crippen LogP contribution in [-0.2, 0) is 24.1 Å². The van der Waals surface area contributed by atoms with Crippen LogP contribution in [0.4, 0.5) is 0 Å². The number of rotatable bonds is 4. The largest absolute Gasteiger partial charge is 0.348 e. The fourth-order valence-electron chi connectivity index (χ4n) is 5.32. The van der Waals surface area contributed by atoms with Gasteiger partial charge in [-0.2, -0.15) is 0 Å². The number of hydrogen-bond donors (Lipinski definition) is 1. The number of fused-ring (bicyclic) bond motifs is 2.